The smallest absolute Gasteiger partial charge is 0.265 e. The Labute approximate surface area is 195 Å². The minimum absolute atomic E-state index is 0.113. The van der Waals surface area contributed by atoms with E-state index >= 15 is 0 Å². The summed E-state index contributed by atoms with van der Waals surface area (Å²) in [5.41, 5.74) is 3.57. The highest BCUT2D eigenvalue weighted by Gasteiger charge is 2.23. The van der Waals surface area contributed by atoms with Crippen LogP contribution in [0.3, 0.4) is 0 Å². The van der Waals surface area contributed by atoms with Crippen LogP contribution in [0, 0.1) is 13.8 Å². The van der Waals surface area contributed by atoms with Crippen LogP contribution in [-0.2, 0) is 16.6 Å². The minimum atomic E-state index is -3.99. The molecule has 7 nitrogen and oxygen atoms in total. The van der Waals surface area contributed by atoms with Gasteiger partial charge in [-0.1, -0.05) is 35.4 Å². The van der Waals surface area contributed by atoms with Crippen LogP contribution < -0.4 is 14.2 Å². The predicted octanol–water partition coefficient (Wildman–Crippen LogP) is 4.39. The van der Waals surface area contributed by atoms with E-state index in [0.29, 0.717) is 18.0 Å². The molecule has 8 heteroatoms. The second-order valence-corrected chi connectivity index (χ2v) is 9.46. The number of anilines is 1. The van der Waals surface area contributed by atoms with Gasteiger partial charge in [0.15, 0.2) is 0 Å². The van der Waals surface area contributed by atoms with Crippen LogP contribution in [0.2, 0.25) is 0 Å². The van der Waals surface area contributed by atoms with Gasteiger partial charge in [0.1, 0.15) is 16.4 Å². The summed E-state index contributed by atoms with van der Waals surface area (Å²) in [4.78, 5) is 14.5. The molecule has 0 radical (unpaired) electrons. The van der Waals surface area contributed by atoms with Gasteiger partial charge in [0.2, 0.25) is 0 Å². The first kappa shape index (κ1) is 24.1. The van der Waals surface area contributed by atoms with E-state index in [9.17, 15) is 13.2 Å². The van der Waals surface area contributed by atoms with Crippen LogP contribution in [0.5, 0.6) is 11.5 Å². The number of aryl methyl sites for hydroxylation is 2. The lowest BCUT2D eigenvalue weighted by atomic mass is 10.1. The third kappa shape index (κ3) is 5.64. The first-order valence-corrected chi connectivity index (χ1v) is 11.8. The molecule has 33 heavy (non-hydrogen) atoms. The molecule has 0 saturated heterocycles. The average Bonchev–Trinajstić information content (AvgIpc) is 2.79. The van der Waals surface area contributed by atoms with Crippen molar-refractivity contribution in [2.75, 3.05) is 26.0 Å². The van der Waals surface area contributed by atoms with Crippen LogP contribution in [0.25, 0.3) is 0 Å². The van der Waals surface area contributed by atoms with Crippen molar-refractivity contribution in [2.45, 2.75) is 25.3 Å². The van der Waals surface area contributed by atoms with Crippen molar-refractivity contribution in [2.24, 2.45) is 0 Å². The van der Waals surface area contributed by atoms with Crippen molar-refractivity contribution in [1.29, 1.82) is 0 Å². The van der Waals surface area contributed by atoms with Crippen molar-refractivity contribution in [1.82, 2.24) is 4.90 Å². The van der Waals surface area contributed by atoms with Gasteiger partial charge in [0.05, 0.1) is 14.2 Å². The van der Waals surface area contributed by atoms with Gasteiger partial charge in [0, 0.05) is 30.4 Å². The number of nitrogens with one attached hydrogen (secondary N) is 1. The number of ether oxygens (including phenoxy) is 2. The molecule has 3 rings (SSSR count). The van der Waals surface area contributed by atoms with Gasteiger partial charge in [-0.15, -0.1) is 0 Å². The molecule has 174 valence electrons. The molecule has 0 spiro atoms. The molecule has 1 amide bonds. The quantitative estimate of drug-likeness (QED) is 0.530. The number of methoxy groups -OCH3 is 2. The normalized spacial score (nSPS) is 11.1. The van der Waals surface area contributed by atoms with Crippen molar-refractivity contribution >= 4 is 21.6 Å². The molecule has 0 aromatic heterocycles. The fraction of sp³-hybridized carbons (Fsp3) is 0.240. The van der Waals surface area contributed by atoms with E-state index in [2.05, 4.69) is 4.72 Å². The van der Waals surface area contributed by atoms with E-state index in [1.807, 2.05) is 44.2 Å². The van der Waals surface area contributed by atoms with Crippen LogP contribution in [0.1, 0.15) is 27.0 Å². The molecule has 0 bridgehead atoms. The Kier molecular flexibility index (Phi) is 7.28. The molecular weight excluding hydrogens is 440 g/mol. The van der Waals surface area contributed by atoms with Gasteiger partial charge < -0.3 is 14.4 Å². The number of hydrogen-bond donors (Lipinski definition) is 1. The maximum absolute atomic E-state index is 13.1. The molecule has 0 aliphatic carbocycles. The maximum Gasteiger partial charge on any atom is 0.265 e. The number of nitrogens with zero attached hydrogens (tertiary/aromatic N) is 1. The van der Waals surface area contributed by atoms with Crippen LogP contribution in [0.4, 0.5) is 5.69 Å². The lowest BCUT2D eigenvalue weighted by Gasteiger charge is -2.20. The van der Waals surface area contributed by atoms with Gasteiger partial charge in [-0.25, -0.2) is 8.42 Å². The zero-order valence-corrected chi connectivity index (χ0v) is 20.2. The van der Waals surface area contributed by atoms with Crippen molar-refractivity contribution in [3.8, 4) is 11.5 Å². The number of benzene rings is 3. The van der Waals surface area contributed by atoms with E-state index in [1.165, 1.54) is 24.1 Å². The molecule has 0 aliphatic heterocycles. The number of sulfonamides is 1. The summed E-state index contributed by atoms with van der Waals surface area (Å²) in [5.74, 6) is 0.503. The second kappa shape index (κ2) is 9.95. The monoisotopic (exact) mass is 468 g/mol. The van der Waals surface area contributed by atoms with Crippen LogP contribution in [-0.4, -0.2) is 40.5 Å². The molecular formula is C25H28N2O5S. The Hall–Kier alpha value is -3.52. The highest BCUT2D eigenvalue weighted by Crippen LogP contribution is 2.28. The van der Waals surface area contributed by atoms with Crippen LogP contribution in [0.15, 0.2) is 65.6 Å². The molecule has 0 saturated carbocycles. The Morgan fingerprint density at radius 3 is 2.12 bits per heavy atom. The molecule has 1 N–H and O–H groups in total. The molecule has 3 aromatic rings. The van der Waals surface area contributed by atoms with E-state index in [4.69, 9.17) is 9.47 Å². The third-order valence-electron chi connectivity index (χ3n) is 5.19. The lowest BCUT2D eigenvalue weighted by molar-refractivity contribution is 0.0784. The largest absolute Gasteiger partial charge is 0.496 e. The van der Waals surface area contributed by atoms with Gasteiger partial charge >= 0.3 is 0 Å². The summed E-state index contributed by atoms with van der Waals surface area (Å²) in [6.45, 7) is 4.19. The number of rotatable bonds is 8. The molecule has 0 heterocycles. The number of carbonyl (C=O) groups is 1. The first-order valence-electron chi connectivity index (χ1n) is 10.3. The summed E-state index contributed by atoms with van der Waals surface area (Å²) in [7, 11) is 0.636. The predicted molar refractivity (Wildman–Crippen MR) is 129 cm³/mol. The Balaban J connectivity index is 1.90. The van der Waals surface area contributed by atoms with Gasteiger partial charge in [-0.05, 0) is 50.2 Å². The molecule has 0 fully saturated rings. The highest BCUT2D eigenvalue weighted by molar-refractivity contribution is 7.92. The highest BCUT2D eigenvalue weighted by atomic mass is 32.2. The average molecular weight is 469 g/mol. The Morgan fingerprint density at radius 2 is 1.48 bits per heavy atom. The van der Waals surface area contributed by atoms with Crippen molar-refractivity contribution in [3.05, 3.63) is 82.9 Å². The number of carbonyl (C=O) groups excluding carboxylic acids is 1. The summed E-state index contributed by atoms with van der Waals surface area (Å²) >= 11 is 0. The Morgan fingerprint density at radius 1 is 0.879 bits per heavy atom. The summed E-state index contributed by atoms with van der Waals surface area (Å²) in [6, 6.07) is 17.1. The summed E-state index contributed by atoms with van der Waals surface area (Å²) in [6.07, 6.45) is 0. The molecule has 0 aliphatic rings. The van der Waals surface area contributed by atoms with E-state index < -0.39 is 10.0 Å². The summed E-state index contributed by atoms with van der Waals surface area (Å²) < 4.78 is 39.4. The molecule has 3 aromatic carbocycles. The van der Waals surface area contributed by atoms with E-state index in [-0.39, 0.29) is 22.1 Å². The van der Waals surface area contributed by atoms with E-state index in [0.717, 1.165) is 16.7 Å². The van der Waals surface area contributed by atoms with Crippen LogP contribution >= 0.6 is 0 Å². The van der Waals surface area contributed by atoms with Gasteiger partial charge in [0.25, 0.3) is 15.9 Å². The van der Waals surface area contributed by atoms with E-state index in [1.54, 1.807) is 32.4 Å². The van der Waals surface area contributed by atoms with Gasteiger partial charge in [-0.3, -0.25) is 9.52 Å². The maximum atomic E-state index is 13.1. The van der Waals surface area contributed by atoms with Gasteiger partial charge in [-0.2, -0.15) is 0 Å². The third-order valence-corrected chi connectivity index (χ3v) is 6.60. The number of amides is 1. The Bertz CT molecular complexity index is 1250. The standard InChI is InChI=1S/C25H28N2O5S/c1-17-6-10-21(11-7-17)26-33(29,30)24-15-19(9-13-23(24)32-5)25(28)27(3)16-20-14-18(2)8-12-22(20)31-4/h6-15,26H,16H2,1-5H3. The van der Waals surface area contributed by atoms with Crippen molar-refractivity contribution in [3.63, 3.8) is 0 Å². The fourth-order valence-electron chi connectivity index (χ4n) is 3.43. The second-order valence-electron chi connectivity index (χ2n) is 7.81. The fourth-order valence-corrected chi connectivity index (χ4v) is 4.68. The van der Waals surface area contributed by atoms with Crippen molar-refractivity contribution < 1.29 is 22.7 Å². The molecule has 0 unspecified atom stereocenters. The minimum Gasteiger partial charge on any atom is -0.496 e. The first-order chi connectivity index (χ1) is 15.6. The number of hydrogen-bond acceptors (Lipinski definition) is 5. The zero-order valence-electron chi connectivity index (χ0n) is 19.4. The topological polar surface area (TPSA) is 84.9 Å². The SMILES string of the molecule is COc1ccc(C)cc1CN(C)C(=O)c1ccc(OC)c(S(=O)(=O)Nc2ccc(C)cc2)c1. The molecule has 0 atom stereocenters. The lowest BCUT2D eigenvalue weighted by Crippen LogP contribution is -2.27. The summed E-state index contributed by atoms with van der Waals surface area (Å²) in [5, 5.41) is 0. The zero-order chi connectivity index (χ0) is 24.2.